The van der Waals surface area contributed by atoms with Crippen LogP contribution in [0, 0.1) is 6.92 Å². The van der Waals surface area contributed by atoms with Crippen LogP contribution in [0.25, 0.3) is 0 Å². The molecule has 0 aliphatic carbocycles. The summed E-state index contributed by atoms with van der Waals surface area (Å²) in [5, 5.41) is 18.4. The lowest BCUT2D eigenvalue weighted by atomic mass is 9.87. The molecule has 4 rings (SSSR count). The molecule has 2 aliphatic rings. The van der Waals surface area contributed by atoms with Gasteiger partial charge in [0.1, 0.15) is 12.7 Å². The Morgan fingerprint density at radius 1 is 1.20 bits per heavy atom. The number of likely N-dealkylation sites (tertiary alicyclic amines) is 1. The summed E-state index contributed by atoms with van der Waals surface area (Å²) in [6.45, 7) is 6.66. The minimum absolute atomic E-state index is 0.105. The summed E-state index contributed by atoms with van der Waals surface area (Å²) in [4.78, 5) is 29.5. The van der Waals surface area contributed by atoms with Crippen molar-refractivity contribution < 1.29 is 24.0 Å². The number of ether oxygens (including phenoxy) is 1. The number of carbonyl (C=O) groups excluding carboxylic acids is 1. The molecule has 0 bridgehead atoms. The molecule has 2 aromatic rings. The fourth-order valence-electron chi connectivity index (χ4n) is 3.78. The third-order valence-electron chi connectivity index (χ3n) is 5.41. The van der Waals surface area contributed by atoms with Crippen molar-refractivity contribution in [2.24, 2.45) is 0 Å². The molecule has 2 fully saturated rings. The van der Waals surface area contributed by atoms with E-state index in [4.69, 9.17) is 19.2 Å². The third kappa shape index (κ3) is 5.83. The summed E-state index contributed by atoms with van der Waals surface area (Å²) in [5.41, 5.74) is -0.341. The van der Waals surface area contributed by atoms with E-state index in [1.54, 1.807) is 24.5 Å². The highest BCUT2D eigenvalue weighted by molar-refractivity contribution is 5.77. The average Bonchev–Trinajstić information content (AvgIpc) is 3.36. The SMILES string of the molecule is Cc1nc(CN2CCOC3(CCN(CCn4cnnc4)CC3)CC2=O)no1.O=CO. The van der Waals surface area contributed by atoms with E-state index in [9.17, 15) is 4.79 Å². The molecule has 30 heavy (non-hydrogen) atoms. The Morgan fingerprint density at radius 3 is 2.53 bits per heavy atom. The summed E-state index contributed by atoms with van der Waals surface area (Å²) < 4.78 is 13.2. The second-order valence-electron chi connectivity index (χ2n) is 7.40. The predicted molar refractivity (Wildman–Crippen MR) is 102 cm³/mol. The van der Waals surface area contributed by atoms with Crippen molar-refractivity contribution in [2.75, 3.05) is 32.8 Å². The van der Waals surface area contributed by atoms with Gasteiger partial charge in [-0.2, -0.15) is 4.98 Å². The maximum atomic E-state index is 12.8. The summed E-state index contributed by atoms with van der Waals surface area (Å²) in [6, 6.07) is 0. The largest absolute Gasteiger partial charge is 0.483 e. The smallest absolute Gasteiger partial charge is 0.290 e. The van der Waals surface area contributed by atoms with E-state index in [0.29, 0.717) is 37.8 Å². The van der Waals surface area contributed by atoms with Gasteiger partial charge in [-0.1, -0.05) is 5.16 Å². The number of hydrogen-bond acceptors (Lipinski definition) is 9. The number of carbonyl (C=O) groups is 2. The summed E-state index contributed by atoms with van der Waals surface area (Å²) in [6.07, 6.45) is 5.63. The second kappa shape index (κ2) is 10.3. The van der Waals surface area contributed by atoms with Gasteiger partial charge < -0.3 is 28.7 Å². The molecule has 0 unspecified atom stereocenters. The van der Waals surface area contributed by atoms with Crippen molar-refractivity contribution in [1.82, 2.24) is 34.7 Å². The Balaban J connectivity index is 0.000000806. The molecule has 0 radical (unpaired) electrons. The van der Waals surface area contributed by atoms with Crippen LogP contribution in [0.4, 0.5) is 0 Å². The topological polar surface area (TPSA) is 140 Å². The van der Waals surface area contributed by atoms with Crippen molar-refractivity contribution in [3.8, 4) is 0 Å². The summed E-state index contributed by atoms with van der Waals surface area (Å²) >= 11 is 0. The molecule has 0 atom stereocenters. The van der Waals surface area contributed by atoms with Gasteiger partial charge in [0.25, 0.3) is 6.47 Å². The normalized spacial score (nSPS) is 19.2. The van der Waals surface area contributed by atoms with Gasteiger partial charge in [0.05, 0.1) is 25.2 Å². The molecule has 2 saturated heterocycles. The van der Waals surface area contributed by atoms with E-state index in [1.165, 1.54) is 0 Å². The summed E-state index contributed by atoms with van der Waals surface area (Å²) in [5.74, 6) is 1.16. The number of piperidine rings is 1. The van der Waals surface area contributed by atoms with Crippen molar-refractivity contribution in [1.29, 1.82) is 0 Å². The summed E-state index contributed by atoms with van der Waals surface area (Å²) in [7, 11) is 0. The minimum Gasteiger partial charge on any atom is -0.483 e. The molecule has 12 heteroatoms. The van der Waals surface area contributed by atoms with Crippen molar-refractivity contribution in [2.45, 2.75) is 44.9 Å². The van der Waals surface area contributed by atoms with E-state index in [1.807, 2.05) is 4.57 Å². The number of amides is 1. The Kier molecular flexibility index (Phi) is 7.46. The molecular weight excluding hydrogens is 394 g/mol. The number of hydrogen-bond donors (Lipinski definition) is 1. The van der Waals surface area contributed by atoms with E-state index in [0.717, 1.165) is 39.0 Å². The molecule has 1 N–H and O–H groups in total. The first-order valence-electron chi connectivity index (χ1n) is 9.87. The number of carboxylic acid groups (broad SMARTS) is 1. The van der Waals surface area contributed by atoms with Gasteiger partial charge >= 0.3 is 0 Å². The van der Waals surface area contributed by atoms with Gasteiger partial charge in [0.2, 0.25) is 11.8 Å². The molecule has 164 valence electrons. The van der Waals surface area contributed by atoms with Crippen LogP contribution < -0.4 is 0 Å². The van der Waals surface area contributed by atoms with E-state index >= 15 is 0 Å². The second-order valence-corrected chi connectivity index (χ2v) is 7.40. The Bertz CT molecular complexity index is 802. The highest BCUT2D eigenvalue weighted by Crippen LogP contribution is 2.32. The predicted octanol–water partition coefficient (Wildman–Crippen LogP) is -0.0460. The fraction of sp³-hybridized carbons (Fsp3) is 0.667. The molecule has 4 heterocycles. The van der Waals surface area contributed by atoms with Gasteiger partial charge in [-0.15, -0.1) is 10.2 Å². The van der Waals surface area contributed by atoms with Crippen LogP contribution >= 0.6 is 0 Å². The molecule has 1 amide bonds. The Labute approximate surface area is 173 Å². The first-order valence-corrected chi connectivity index (χ1v) is 9.87. The fourth-order valence-corrected chi connectivity index (χ4v) is 3.78. The first-order chi connectivity index (χ1) is 14.5. The molecular formula is C18H27N7O5. The van der Waals surface area contributed by atoms with Crippen LogP contribution in [0.1, 0.15) is 31.0 Å². The molecule has 0 aromatic carbocycles. The standard InChI is InChI=1S/C17H25N7O3.CH2O2/c1-14-20-15(21-27-14)11-24-8-9-26-17(10-16(24)25)2-4-22(5-3-17)6-7-23-12-18-19-13-23;2-1-3/h12-13H,2-11H2,1H3;1H,(H,2,3). The Morgan fingerprint density at radius 2 is 1.90 bits per heavy atom. The van der Waals surface area contributed by atoms with E-state index < -0.39 is 0 Å². The number of rotatable bonds is 5. The minimum atomic E-state index is -0.341. The van der Waals surface area contributed by atoms with Crippen LogP contribution in [0.5, 0.6) is 0 Å². The van der Waals surface area contributed by atoms with Crippen LogP contribution in [0.3, 0.4) is 0 Å². The highest BCUT2D eigenvalue weighted by Gasteiger charge is 2.40. The maximum absolute atomic E-state index is 12.8. The lowest BCUT2D eigenvalue weighted by Crippen LogP contribution is -2.47. The lowest BCUT2D eigenvalue weighted by Gasteiger charge is -2.40. The number of aromatic nitrogens is 5. The van der Waals surface area contributed by atoms with Gasteiger partial charge in [-0.25, -0.2) is 0 Å². The molecule has 2 aromatic heterocycles. The molecule has 0 saturated carbocycles. The van der Waals surface area contributed by atoms with E-state index in [2.05, 4.69) is 25.2 Å². The van der Waals surface area contributed by atoms with Crippen molar-refractivity contribution in [3.63, 3.8) is 0 Å². The maximum Gasteiger partial charge on any atom is 0.290 e. The molecule has 2 aliphatic heterocycles. The Hall–Kier alpha value is -2.86. The lowest BCUT2D eigenvalue weighted by molar-refractivity contribution is -0.136. The zero-order chi connectivity index (χ0) is 21.4. The molecule has 12 nitrogen and oxygen atoms in total. The quantitative estimate of drug-likeness (QED) is 0.654. The van der Waals surface area contributed by atoms with Crippen LogP contribution in [-0.4, -0.2) is 90.6 Å². The van der Waals surface area contributed by atoms with Crippen LogP contribution in [0.15, 0.2) is 17.2 Å². The van der Waals surface area contributed by atoms with Crippen molar-refractivity contribution in [3.05, 3.63) is 24.4 Å². The van der Waals surface area contributed by atoms with Gasteiger partial charge in [0, 0.05) is 39.6 Å². The molecule has 1 spiro atoms. The highest BCUT2D eigenvalue weighted by atomic mass is 16.5. The monoisotopic (exact) mass is 421 g/mol. The zero-order valence-corrected chi connectivity index (χ0v) is 17.0. The van der Waals surface area contributed by atoms with Gasteiger partial charge in [0.15, 0.2) is 5.82 Å². The van der Waals surface area contributed by atoms with Crippen molar-refractivity contribution >= 4 is 12.4 Å². The number of aryl methyl sites for hydroxylation is 1. The average molecular weight is 421 g/mol. The van der Waals surface area contributed by atoms with Crippen LogP contribution in [0.2, 0.25) is 0 Å². The van der Waals surface area contributed by atoms with Gasteiger partial charge in [-0.3, -0.25) is 9.59 Å². The first kappa shape index (κ1) is 21.8. The number of nitrogens with zero attached hydrogens (tertiary/aromatic N) is 7. The van der Waals surface area contributed by atoms with Crippen LogP contribution in [-0.2, 0) is 27.4 Å². The zero-order valence-electron chi connectivity index (χ0n) is 17.0. The third-order valence-corrected chi connectivity index (χ3v) is 5.41. The van der Waals surface area contributed by atoms with E-state index in [-0.39, 0.29) is 18.0 Å². The van der Waals surface area contributed by atoms with Gasteiger partial charge in [-0.05, 0) is 12.8 Å².